The molecule has 0 unspecified atom stereocenters. The van der Waals surface area contributed by atoms with Crippen LogP contribution < -0.4 is 4.72 Å². The second-order valence-electron chi connectivity index (χ2n) is 3.69. The molecule has 2 aromatic heterocycles. The van der Waals surface area contributed by atoms with Gasteiger partial charge in [-0.3, -0.25) is 9.82 Å². The molecular weight excluding hydrogens is 244 g/mol. The number of aromatic amines is 1. The fourth-order valence-corrected chi connectivity index (χ4v) is 2.91. The van der Waals surface area contributed by atoms with Crippen molar-refractivity contribution in [2.24, 2.45) is 0 Å². The molecular formula is C9H12N4O3S. The van der Waals surface area contributed by atoms with Crippen molar-refractivity contribution in [3.63, 3.8) is 0 Å². The highest BCUT2D eigenvalue weighted by Crippen LogP contribution is 2.22. The number of rotatable bonds is 3. The number of anilines is 1. The van der Waals surface area contributed by atoms with Crippen LogP contribution in [0.25, 0.3) is 0 Å². The molecule has 0 bridgehead atoms. The molecule has 0 radical (unpaired) electrons. The minimum absolute atomic E-state index is 0.0616. The summed E-state index contributed by atoms with van der Waals surface area (Å²) in [6.45, 7) is 4.87. The highest BCUT2D eigenvalue weighted by atomic mass is 32.2. The van der Waals surface area contributed by atoms with Gasteiger partial charge in [-0.25, -0.2) is 8.42 Å². The van der Waals surface area contributed by atoms with E-state index >= 15 is 0 Å². The van der Waals surface area contributed by atoms with E-state index in [1.807, 2.05) is 0 Å². The number of aryl methyl sites for hydroxylation is 3. The molecule has 0 aliphatic rings. The maximum Gasteiger partial charge on any atom is 0.268 e. The van der Waals surface area contributed by atoms with Crippen molar-refractivity contribution < 1.29 is 12.9 Å². The minimum Gasteiger partial charge on any atom is -0.360 e. The first kappa shape index (κ1) is 11.6. The maximum absolute atomic E-state index is 12.1. The SMILES string of the molecule is Cc1cn[nH]c1NS(=O)(=O)c1c(C)noc1C. The van der Waals surface area contributed by atoms with E-state index < -0.39 is 10.0 Å². The van der Waals surface area contributed by atoms with Gasteiger partial charge in [0.2, 0.25) is 0 Å². The van der Waals surface area contributed by atoms with Crippen LogP contribution in [0, 0.1) is 20.8 Å². The minimum atomic E-state index is -3.70. The molecule has 2 aromatic rings. The van der Waals surface area contributed by atoms with Crippen LogP contribution in [-0.2, 0) is 10.0 Å². The second-order valence-corrected chi connectivity index (χ2v) is 5.31. The van der Waals surface area contributed by atoms with Gasteiger partial charge in [0, 0.05) is 5.56 Å². The molecule has 0 atom stereocenters. The summed E-state index contributed by atoms with van der Waals surface area (Å²) in [7, 11) is -3.70. The molecule has 0 aromatic carbocycles. The number of hydrogen-bond acceptors (Lipinski definition) is 5. The van der Waals surface area contributed by atoms with Crippen molar-refractivity contribution in [1.82, 2.24) is 15.4 Å². The van der Waals surface area contributed by atoms with E-state index in [1.165, 1.54) is 6.20 Å². The Morgan fingerprint density at radius 1 is 1.35 bits per heavy atom. The molecule has 17 heavy (non-hydrogen) atoms. The van der Waals surface area contributed by atoms with E-state index in [0.29, 0.717) is 17.1 Å². The quantitative estimate of drug-likeness (QED) is 0.857. The van der Waals surface area contributed by atoms with Gasteiger partial charge in [-0.1, -0.05) is 5.16 Å². The van der Waals surface area contributed by atoms with E-state index in [2.05, 4.69) is 20.1 Å². The molecule has 0 aliphatic carbocycles. The van der Waals surface area contributed by atoms with Crippen molar-refractivity contribution in [1.29, 1.82) is 0 Å². The Morgan fingerprint density at radius 2 is 2.06 bits per heavy atom. The first-order valence-corrected chi connectivity index (χ1v) is 6.36. The van der Waals surface area contributed by atoms with Crippen molar-refractivity contribution in [3.8, 4) is 0 Å². The molecule has 92 valence electrons. The topological polar surface area (TPSA) is 101 Å². The predicted octanol–water partition coefficient (Wildman–Crippen LogP) is 1.12. The molecule has 0 spiro atoms. The zero-order chi connectivity index (χ0) is 12.6. The van der Waals surface area contributed by atoms with Gasteiger partial charge in [0.05, 0.1) is 6.20 Å². The Morgan fingerprint density at radius 3 is 2.53 bits per heavy atom. The average Bonchev–Trinajstić information content (AvgIpc) is 2.74. The van der Waals surface area contributed by atoms with E-state index in [9.17, 15) is 8.42 Å². The smallest absolute Gasteiger partial charge is 0.268 e. The first-order chi connectivity index (χ1) is 7.92. The molecule has 0 amide bonds. The van der Waals surface area contributed by atoms with Crippen LogP contribution >= 0.6 is 0 Å². The molecule has 2 rings (SSSR count). The van der Waals surface area contributed by atoms with Crippen molar-refractivity contribution in [2.45, 2.75) is 25.7 Å². The van der Waals surface area contributed by atoms with Crippen molar-refractivity contribution in [3.05, 3.63) is 23.2 Å². The van der Waals surface area contributed by atoms with E-state index in [4.69, 9.17) is 4.52 Å². The van der Waals surface area contributed by atoms with Gasteiger partial charge in [0.15, 0.2) is 10.7 Å². The predicted molar refractivity (Wildman–Crippen MR) is 60.1 cm³/mol. The molecule has 2 heterocycles. The molecule has 0 aliphatic heterocycles. The van der Waals surface area contributed by atoms with Crippen molar-refractivity contribution in [2.75, 3.05) is 4.72 Å². The van der Waals surface area contributed by atoms with Gasteiger partial charge in [-0.15, -0.1) is 0 Å². The van der Waals surface area contributed by atoms with Gasteiger partial charge < -0.3 is 4.52 Å². The summed E-state index contributed by atoms with van der Waals surface area (Å²) in [5.74, 6) is 0.595. The van der Waals surface area contributed by atoms with Crippen LogP contribution in [0.4, 0.5) is 5.82 Å². The zero-order valence-corrected chi connectivity index (χ0v) is 10.4. The molecule has 0 fully saturated rings. The number of nitrogens with one attached hydrogen (secondary N) is 2. The lowest BCUT2D eigenvalue weighted by atomic mass is 10.4. The number of H-pyrrole nitrogens is 1. The van der Waals surface area contributed by atoms with Gasteiger partial charge in [-0.2, -0.15) is 5.10 Å². The largest absolute Gasteiger partial charge is 0.360 e. The molecule has 7 nitrogen and oxygen atoms in total. The lowest BCUT2D eigenvalue weighted by Crippen LogP contribution is -2.15. The van der Waals surface area contributed by atoms with E-state index in [1.54, 1.807) is 20.8 Å². The van der Waals surface area contributed by atoms with Crippen LogP contribution in [0.15, 0.2) is 15.6 Å². The number of hydrogen-bond donors (Lipinski definition) is 2. The summed E-state index contributed by atoms with van der Waals surface area (Å²) >= 11 is 0. The Hall–Kier alpha value is -1.83. The molecule has 0 saturated carbocycles. The molecule has 2 N–H and O–H groups in total. The Bertz CT molecular complexity index is 622. The summed E-state index contributed by atoms with van der Waals surface area (Å²) in [5.41, 5.74) is 1.03. The summed E-state index contributed by atoms with van der Waals surface area (Å²) in [6.07, 6.45) is 1.53. The van der Waals surface area contributed by atoms with E-state index in [-0.39, 0.29) is 10.7 Å². The fourth-order valence-electron chi connectivity index (χ4n) is 1.49. The highest BCUT2D eigenvalue weighted by molar-refractivity contribution is 7.92. The lowest BCUT2D eigenvalue weighted by molar-refractivity contribution is 0.390. The Balaban J connectivity index is 2.42. The maximum atomic E-state index is 12.1. The summed E-state index contributed by atoms with van der Waals surface area (Å²) in [6, 6.07) is 0. The standard InChI is InChI=1S/C9H12N4O3S/c1-5-4-10-11-9(5)13-17(14,15)8-6(2)12-16-7(8)3/h4H,1-3H3,(H2,10,11,13). The van der Waals surface area contributed by atoms with Crippen LogP contribution in [0.3, 0.4) is 0 Å². The third-order valence-corrected chi connectivity index (χ3v) is 3.90. The van der Waals surface area contributed by atoms with Crippen LogP contribution in [0.5, 0.6) is 0 Å². The number of sulfonamides is 1. The number of nitrogens with zero attached hydrogens (tertiary/aromatic N) is 2. The summed E-state index contributed by atoms with van der Waals surface area (Å²) in [5, 5.41) is 9.93. The zero-order valence-electron chi connectivity index (χ0n) is 9.60. The summed E-state index contributed by atoms with van der Waals surface area (Å²) < 4.78 is 31.4. The van der Waals surface area contributed by atoms with Crippen LogP contribution in [0.2, 0.25) is 0 Å². The van der Waals surface area contributed by atoms with E-state index in [0.717, 1.165) is 0 Å². The third kappa shape index (κ3) is 2.03. The van der Waals surface area contributed by atoms with Gasteiger partial charge in [0.1, 0.15) is 11.5 Å². The lowest BCUT2D eigenvalue weighted by Gasteiger charge is -2.05. The second kappa shape index (κ2) is 3.88. The third-order valence-electron chi connectivity index (χ3n) is 2.30. The van der Waals surface area contributed by atoms with Crippen molar-refractivity contribution >= 4 is 15.8 Å². The van der Waals surface area contributed by atoms with Gasteiger partial charge >= 0.3 is 0 Å². The normalized spacial score (nSPS) is 11.7. The molecule has 8 heteroatoms. The monoisotopic (exact) mass is 256 g/mol. The highest BCUT2D eigenvalue weighted by Gasteiger charge is 2.25. The van der Waals surface area contributed by atoms with Gasteiger partial charge in [0.25, 0.3) is 10.0 Å². The van der Waals surface area contributed by atoms with Crippen LogP contribution in [-0.4, -0.2) is 23.8 Å². The first-order valence-electron chi connectivity index (χ1n) is 4.87. The van der Waals surface area contributed by atoms with Gasteiger partial charge in [-0.05, 0) is 20.8 Å². The fraction of sp³-hybridized carbons (Fsp3) is 0.333. The molecule has 0 saturated heterocycles. The number of aromatic nitrogens is 3. The summed E-state index contributed by atoms with van der Waals surface area (Å²) in [4.78, 5) is 0.0616. The van der Waals surface area contributed by atoms with Crippen LogP contribution in [0.1, 0.15) is 17.0 Å². The Kier molecular flexibility index (Phi) is 2.66. The average molecular weight is 256 g/mol. The Labute approximate surface area is 98.3 Å².